The summed E-state index contributed by atoms with van der Waals surface area (Å²) >= 11 is 0. The van der Waals surface area contributed by atoms with Gasteiger partial charge in [-0.1, -0.05) is 12.1 Å². The molecular formula is C15H13N3O2. The van der Waals surface area contributed by atoms with Crippen molar-refractivity contribution in [2.24, 2.45) is 5.10 Å². The second-order valence-corrected chi connectivity index (χ2v) is 4.13. The molecule has 0 aliphatic rings. The molecule has 0 amide bonds. The third kappa shape index (κ3) is 2.61. The Morgan fingerprint density at radius 2 is 1.95 bits per heavy atom. The van der Waals surface area contributed by atoms with Gasteiger partial charge >= 0.3 is 6.01 Å². The van der Waals surface area contributed by atoms with Gasteiger partial charge in [-0.25, -0.2) is 5.43 Å². The summed E-state index contributed by atoms with van der Waals surface area (Å²) in [5.74, 6) is 0.814. The highest BCUT2D eigenvalue weighted by Gasteiger charge is 2.02. The molecule has 0 aliphatic heterocycles. The van der Waals surface area contributed by atoms with Crippen LogP contribution in [0, 0.1) is 0 Å². The SMILES string of the molecule is COc1ccc(/C=N/Nc2nc3ccccc3o2)cc1. The van der Waals surface area contributed by atoms with Crippen molar-refractivity contribution in [3.05, 3.63) is 54.1 Å². The summed E-state index contributed by atoms with van der Waals surface area (Å²) in [5, 5.41) is 4.09. The van der Waals surface area contributed by atoms with Gasteiger partial charge in [-0.3, -0.25) is 0 Å². The van der Waals surface area contributed by atoms with E-state index < -0.39 is 0 Å². The standard InChI is InChI=1S/C15H13N3O2/c1-19-12-8-6-11(7-9-12)10-16-18-15-17-13-4-2-3-5-14(13)20-15/h2-10H,1H3,(H,17,18)/b16-10+. The van der Waals surface area contributed by atoms with E-state index in [1.54, 1.807) is 13.3 Å². The van der Waals surface area contributed by atoms with Crippen LogP contribution in [0.3, 0.4) is 0 Å². The minimum Gasteiger partial charge on any atom is -0.497 e. The number of aromatic nitrogens is 1. The van der Waals surface area contributed by atoms with Crippen LogP contribution in [-0.4, -0.2) is 18.3 Å². The van der Waals surface area contributed by atoms with Gasteiger partial charge in [-0.2, -0.15) is 10.1 Å². The van der Waals surface area contributed by atoms with Gasteiger partial charge in [0.2, 0.25) is 0 Å². The number of para-hydroxylation sites is 2. The van der Waals surface area contributed by atoms with Gasteiger partial charge in [-0.15, -0.1) is 0 Å². The Kier molecular flexibility index (Phi) is 3.33. The molecule has 3 aromatic rings. The van der Waals surface area contributed by atoms with Crippen molar-refractivity contribution in [1.29, 1.82) is 0 Å². The fourth-order valence-electron chi connectivity index (χ4n) is 1.77. The number of methoxy groups -OCH3 is 1. The van der Waals surface area contributed by atoms with E-state index in [-0.39, 0.29) is 0 Å². The number of anilines is 1. The molecule has 1 N–H and O–H groups in total. The van der Waals surface area contributed by atoms with Gasteiger partial charge in [0, 0.05) is 0 Å². The maximum Gasteiger partial charge on any atom is 0.316 e. The van der Waals surface area contributed by atoms with Crippen molar-refractivity contribution >= 4 is 23.3 Å². The van der Waals surface area contributed by atoms with Crippen LogP contribution in [0.4, 0.5) is 6.01 Å². The summed E-state index contributed by atoms with van der Waals surface area (Å²) in [6, 6.07) is 15.5. The first-order chi connectivity index (χ1) is 9.85. The number of hydrazone groups is 1. The molecule has 0 unspecified atom stereocenters. The highest BCUT2D eigenvalue weighted by Crippen LogP contribution is 2.17. The van der Waals surface area contributed by atoms with Gasteiger partial charge in [0.15, 0.2) is 5.58 Å². The molecule has 100 valence electrons. The lowest BCUT2D eigenvalue weighted by atomic mass is 10.2. The molecule has 5 nitrogen and oxygen atoms in total. The van der Waals surface area contributed by atoms with Crippen molar-refractivity contribution in [1.82, 2.24) is 4.98 Å². The first-order valence-corrected chi connectivity index (χ1v) is 6.14. The Bertz CT molecular complexity index is 699. The molecular weight excluding hydrogens is 254 g/mol. The molecule has 5 heteroatoms. The van der Waals surface area contributed by atoms with Crippen LogP contribution in [0.5, 0.6) is 5.75 Å². The largest absolute Gasteiger partial charge is 0.497 e. The van der Waals surface area contributed by atoms with Crippen molar-refractivity contribution in [2.75, 3.05) is 12.5 Å². The molecule has 1 aromatic heterocycles. The molecule has 0 radical (unpaired) electrons. The monoisotopic (exact) mass is 267 g/mol. The third-order valence-corrected chi connectivity index (χ3v) is 2.78. The number of oxazole rings is 1. The minimum absolute atomic E-state index is 0.371. The maximum absolute atomic E-state index is 5.49. The molecule has 0 saturated carbocycles. The number of hydrogen-bond acceptors (Lipinski definition) is 5. The van der Waals surface area contributed by atoms with Crippen LogP contribution in [0.15, 0.2) is 58.0 Å². The number of fused-ring (bicyclic) bond motifs is 1. The lowest BCUT2D eigenvalue weighted by molar-refractivity contribution is 0.415. The summed E-state index contributed by atoms with van der Waals surface area (Å²) in [6.07, 6.45) is 1.69. The molecule has 3 rings (SSSR count). The quantitative estimate of drug-likeness (QED) is 0.582. The molecule has 0 fully saturated rings. The Morgan fingerprint density at radius 3 is 2.70 bits per heavy atom. The fourth-order valence-corrected chi connectivity index (χ4v) is 1.77. The van der Waals surface area contributed by atoms with Crippen LogP contribution < -0.4 is 10.2 Å². The van der Waals surface area contributed by atoms with Gasteiger partial charge in [0.05, 0.1) is 13.3 Å². The smallest absolute Gasteiger partial charge is 0.316 e. The minimum atomic E-state index is 0.371. The molecule has 2 aromatic carbocycles. The van der Waals surface area contributed by atoms with Crippen molar-refractivity contribution in [3.8, 4) is 5.75 Å². The fraction of sp³-hybridized carbons (Fsp3) is 0.0667. The topological polar surface area (TPSA) is 59.6 Å². The zero-order valence-electron chi connectivity index (χ0n) is 10.9. The zero-order chi connectivity index (χ0) is 13.8. The van der Waals surface area contributed by atoms with Crippen LogP contribution in [0.1, 0.15) is 5.56 Å². The highest BCUT2D eigenvalue weighted by atomic mass is 16.5. The van der Waals surface area contributed by atoms with Gasteiger partial charge < -0.3 is 9.15 Å². The van der Waals surface area contributed by atoms with E-state index in [0.717, 1.165) is 22.4 Å². The first-order valence-electron chi connectivity index (χ1n) is 6.14. The van der Waals surface area contributed by atoms with Crippen LogP contribution >= 0.6 is 0 Å². The predicted octanol–water partition coefficient (Wildman–Crippen LogP) is 3.28. The van der Waals surface area contributed by atoms with E-state index in [1.807, 2.05) is 48.5 Å². The van der Waals surface area contributed by atoms with Crippen molar-refractivity contribution in [2.45, 2.75) is 0 Å². The maximum atomic E-state index is 5.49. The number of hydrogen-bond donors (Lipinski definition) is 1. The van der Waals surface area contributed by atoms with E-state index in [1.165, 1.54) is 0 Å². The lowest BCUT2D eigenvalue weighted by Gasteiger charge is -1.98. The predicted molar refractivity (Wildman–Crippen MR) is 78.2 cm³/mol. The molecule has 0 saturated heterocycles. The Labute approximate surface area is 115 Å². The number of ether oxygens (including phenoxy) is 1. The summed E-state index contributed by atoms with van der Waals surface area (Å²) in [4.78, 5) is 4.26. The number of nitrogens with zero attached hydrogens (tertiary/aromatic N) is 2. The van der Waals surface area contributed by atoms with E-state index in [4.69, 9.17) is 9.15 Å². The molecule has 0 bridgehead atoms. The Morgan fingerprint density at radius 1 is 1.15 bits per heavy atom. The normalized spacial score (nSPS) is 11.1. The van der Waals surface area contributed by atoms with Gasteiger partial charge in [-0.05, 0) is 42.0 Å². The molecule has 0 spiro atoms. The highest BCUT2D eigenvalue weighted by molar-refractivity contribution is 5.80. The second-order valence-electron chi connectivity index (χ2n) is 4.13. The van der Waals surface area contributed by atoms with E-state index in [0.29, 0.717) is 6.01 Å². The Balaban J connectivity index is 1.69. The molecule has 1 heterocycles. The molecule has 0 atom stereocenters. The number of nitrogens with one attached hydrogen (secondary N) is 1. The number of benzene rings is 2. The Hall–Kier alpha value is -2.82. The average Bonchev–Trinajstić information content (AvgIpc) is 2.90. The summed E-state index contributed by atoms with van der Waals surface area (Å²) in [7, 11) is 1.64. The summed E-state index contributed by atoms with van der Waals surface area (Å²) in [5.41, 5.74) is 5.26. The van der Waals surface area contributed by atoms with Crippen LogP contribution in [0.2, 0.25) is 0 Å². The average molecular weight is 267 g/mol. The van der Waals surface area contributed by atoms with Gasteiger partial charge in [0.1, 0.15) is 11.3 Å². The summed E-state index contributed by atoms with van der Waals surface area (Å²) < 4.78 is 10.6. The van der Waals surface area contributed by atoms with Crippen molar-refractivity contribution < 1.29 is 9.15 Å². The number of rotatable bonds is 4. The first kappa shape index (κ1) is 12.2. The zero-order valence-corrected chi connectivity index (χ0v) is 10.9. The van der Waals surface area contributed by atoms with E-state index in [2.05, 4.69) is 15.5 Å². The molecule has 0 aliphatic carbocycles. The third-order valence-electron chi connectivity index (χ3n) is 2.78. The van der Waals surface area contributed by atoms with Crippen molar-refractivity contribution in [3.63, 3.8) is 0 Å². The van der Waals surface area contributed by atoms with Crippen LogP contribution in [0.25, 0.3) is 11.1 Å². The lowest BCUT2D eigenvalue weighted by Crippen LogP contribution is -1.90. The van der Waals surface area contributed by atoms with Crippen LogP contribution in [-0.2, 0) is 0 Å². The van der Waals surface area contributed by atoms with E-state index in [9.17, 15) is 0 Å². The van der Waals surface area contributed by atoms with Gasteiger partial charge in [0.25, 0.3) is 0 Å². The van der Waals surface area contributed by atoms with E-state index >= 15 is 0 Å². The second kappa shape index (κ2) is 5.44. The summed E-state index contributed by atoms with van der Waals surface area (Å²) in [6.45, 7) is 0. The molecule has 20 heavy (non-hydrogen) atoms.